The summed E-state index contributed by atoms with van der Waals surface area (Å²) in [7, 11) is 0. The Labute approximate surface area is 179 Å². The quantitative estimate of drug-likeness (QED) is 0.413. The molecule has 3 aromatic rings. The number of thioether (sulfide) groups is 1. The topological polar surface area (TPSA) is 50.5 Å². The fraction of sp³-hybridized carbons (Fsp3) is 0.0909. The molecule has 2 aromatic carbocycles. The molecular weight excluding hydrogens is 457 g/mol. The van der Waals surface area contributed by atoms with Gasteiger partial charge in [-0.05, 0) is 54.6 Å². The first-order valence-corrected chi connectivity index (χ1v) is 10.4. The molecule has 0 N–H and O–H groups in total. The Balaban J connectivity index is 1.56. The number of carbonyl (C=O) groups is 2. The number of rotatable bonds is 4. The van der Waals surface area contributed by atoms with Gasteiger partial charge in [-0.3, -0.25) is 14.5 Å². The number of amides is 2. The van der Waals surface area contributed by atoms with Gasteiger partial charge in [0.15, 0.2) is 0 Å². The van der Waals surface area contributed by atoms with Crippen molar-refractivity contribution in [2.45, 2.75) is 13.5 Å². The van der Waals surface area contributed by atoms with Crippen molar-refractivity contribution in [2.24, 2.45) is 0 Å². The predicted molar refractivity (Wildman–Crippen MR) is 114 cm³/mol. The van der Waals surface area contributed by atoms with Gasteiger partial charge in [-0.1, -0.05) is 40.2 Å². The van der Waals surface area contributed by atoms with E-state index in [4.69, 9.17) is 4.42 Å². The van der Waals surface area contributed by atoms with Crippen molar-refractivity contribution in [1.29, 1.82) is 0 Å². The Bertz CT molecular complexity index is 1150. The van der Waals surface area contributed by atoms with Gasteiger partial charge in [-0.2, -0.15) is 0 Å². The lowest BCUT2D eigenvalue weighted by molar-refractivity contribution is -0.123. The van der Waals surface area contributed by atoms with Crippen LogP contribution in [0.5, 0.6) is 0 Å². The van der Waals surface area contributed by atoms with Crippen molar-refractivity contribution in [1.82, 2.24) is 4.90 Å². The van der Waals surface area contributed by atoms with Crippen molar-refractivity contribution in [3.8, 4) is 11.3 Å². The van der Waals surface area contributed by atoms with E-state index in [1.165, 1.54) is 12.1 Å². The number of hydrogen-bond acceptors (Lipinski definition) is 4. The van der Waals surface area contributed by atoms with E-state index < -0.39 is 17.0 Å². The van der Waals surface area contributed by atoms with Crippen molar-refractivity contribution in [3.05, 3.63) is 86.7 Å². The van der Waals surface area contributed by atoms with Gasteiger partial charge in [-0.15, -0.1) is 0 Å². The number of carbonyl (C=O) groups excluding carboxylic acids is 2. The van der Waals surface area contributed by atoms with Gasteiger partial charge in [0.2, 0.25) is 0 Å². The Morgan fingerprint density at radius 3 is 2.69 bits per heavy atom. The average molecular weight is 472 g/mol. The Morgan fingerprint density at radius 1 is 1.14 bits per heavy atom. The second-order valence-corrected chi connectivity index (χ2v) is 8.39. The largest absolute Gasteiger partial charge is 0.457 e. The summed E-state index contributed by atoms with van der Waals surface area (Å²) in [4.78, 5) is 26.2. The summed E-state index contributed by atoms with van der Waals surface area (Å²) in [5.74, 6) is 0.199. The molecule has 0 unspecified atom stereocenters. The molecule has 2 amide bonds. The number of nitrogens with zero attached hydrogens (tertiary/aromatic N) is 1. The minimum atomic E-state index is -0.460. The SMILES string of the molecule is Cc1ccc(-c2ccc(/C=C3\SC(=O)N(Cc4ccccc4F)C3=O)o2)c(Br)c1. The van der Waals surface area contributed by atoms with Crippen LogP contribution in [0, 0.1) is 12.7 Å². The molecule has 1 fully saturated rings. The molecule has 0 spiro atoms. The maximum atomic E-state index is 13.9. The van der Waals surface area contributed by atoms with E-state index in [0.717, 1.165) is 32.3 Å². The average Bonchev–Trinajstić information content (AvgIpc) is 3.24. The predicted octanol–water partition coefficient (Wildman–Crippen LogP) is 6.39. The highest BCUT2D eigenvalue weighted by molar-refractivity contribution is 9.10. The molecule has 4 nitrogen and oxygen atoms in total. The first-order valence-electron chi connectivity index (χ1n) is 8.77. The molecule has 0 atom stereocenters. The van der Waals surface area contributed by atoms with Crippen LogP contribution in [0.3, 0.4) is 0 Å². The van der Waals surface area contributed by atoms with Crippen molar-refractivity contribution < 1.29 is 18.4 Å². The third-order valence-electron chi connectivity index (χ3n) is 4.45. The first kappa shape index (κ1) is 19.7. The van der Waals surface area contributed by atoms with Gasteiger partial charge in [-0.25, -0.2) is 4.39 Å². The molecule has 1 aliphatic rings. The van der Waals surface area contributed by atoms with E-state index >= 15 is 0 Å². The maximum absolute atomic E-state index is 13.9. The van der Waals surface area contributed by atoms with Crippen LogP contribution in [-0.2, 0) is 11.3 Å². The molecule has 0 bridgehead atoms. The van der Waals surface area contributed by atoms with Gasteiger partial charge >= 0.3 is 0 Å². The van der Waals surface area contributed by atoms with Crippen LogP contribution in [0.1, 0.15) is 16.9 Å². The number of hydrogen-bond donors (Lipinski definition) is 0. The van der Waals surface area contributed by atoms with Gasteiger partial charge in [0.05, 0.1) is 11.4 Å². The van der Waals surface area contributed by atoms with Crippen molar-refractivity contribution >= 4 is 44.9 Å². The van der Waals surface area contributed by atoms with Gasteiger partial charge in [0.25, 0.3) is 11.1 Å². The standard InChI is InChI=1S/C22H15BrFNO3S/c1-13-6-8-16(17(23)10-13)19-9-7-15(28-19)11-20-21(26)25(22(27)29-20)12-14-4-2-3-5-18(14)24/h2-11H,12H2,1H3/b20-11-. The van der Waals surface area contributed by atoms with Gasteiger partial charge in [0, 0.05) is 21.7 Å². The highest BCUT2D eigenvalue weighted by Gasteiger charge is 2.35. The molecule has 4 rings (SSSR count). The van der Waals surface area contributed by atoms with Crippen LogP contribution >= 0.6 is 27.7 Å². The zero-order valence-electron chi connectivity index (χ0n) is 15.3. The van der Waals surface area contributed by atoms with Gasteiger partial charge in [0.1, 0.15) is 17.3 Å². The van der Waals surface area contributed by atoms with Gasteiger partial charge < -0.3 is 4.42 Å². The summed E-state index contributed by atoms with van der Waals surface area (Å²) < 4.78 is 20.6. The lowest BCUT2D eigenvalue weighted by atomic mass is 10.1. The summed E-state index contributed by atoms with van der Waals surface area (Å²) in [6.07, 6.45) is 1.54. The summed E-state index contributed by atoms with van der Waals surface area (Å²) in [5.41, 5.74) is 2.30. The Kier molecular flexibility index (Phi) is 5.43. The summed E-state index contributed by atoms with van der Waals surface area (Å²) in [6, 6.07) is 15.6. The number of imide groups is 1. The number of aryl methyl sites for hydroxylation is 1. The third kappa shape index (κ3) is 4.06. The molecule has 0 aliphatic carbocycles. The molecular formula is C22H15BrFNO3S. The fourth-order valence-electron chi connectivity index (χ4n) is 2.96. The highest BCUT2D eigenvalue weighted by atomic mass is 79.9. The van der Waals surface area contributed by atoms with Crippen LogP contribution in [0.15, 0.2) is 68.4 Å². The molecule has 0 saturated carbocycles. The van der Waals surface area contributed by atoms with Crippen LogP contribution in [-0.4, -0.2) is 16.0 Å². The fourth-order valence-corrected chi connectivity index (χ4v) is 4.46. The number of furan rings is 1. The Morgan fingerprint density at radius 2 is 1.93 bits per heavy atom. The summed E-state index contributed by atoms with van der Waals surface area (Å²) >= 11 is 4.35. The minimum Gasteiger partial charge on any atom is -0.457 e. The molecule has 0 radical (unpaired) electrons. The smallest absolute Gasteiger partial charge is 0.293 e. The summed E-state index contributed by atoms with van der Waals surface area (Å²) in [5, 5.41) is -0.433. The second-order valence-electron chi connectivity index (χ2n) is 6.54. The van der Waals surface area contributed by atoms with Crippen LogP contribution in [0.2, 0.25) is 0 Å². The second kappa shape index (κ2) is 8.00. The van der Waals surface area contributed by atoms with Crippen LogP contribution in [0.4, 0.5) is 9.18 Å². The molecule has 29 heavy (non-hydrogen) atoms. The van der Waals surface area contributed by atoms with Crippen molar-refractivity contribution in [3.63, 3.8) is 0 Å². The van der Waals surface area contributed by atoms with Crippen LogP contribution in [0.25, 0.3) is 17.4 Å². The zero-order chi connectivity index (χ0) is 20.5. The summed E-state index contributed by atoms with van der Waals surface area (Å²) in [6.45, 7) is 1.90. The lowest BCUT2D eigenvalue weighted by Crippen LogP contribution is -2.27. The molecule has 1 saturated heterocycles. The molecule has 1 aromatic heterocycles. The number of benzene rings is 2. The van der Waals surface area contributed by atoms with E-state index in [0.29, 0.717) is 17.1 Å². The Hall–Kier alpha value is -2.64. The first-order chi connectivity index (χ1) is 13.9. The highest BCUT2D eigenvalue weighted by Crippen LogP contribution is 2.35. The third-order valence-corrected chi connectivity index (χ3v) is 6.01. The maximum Gasteiger partial charge on any atom is 0.293 e. The molecule has 7 heteroatoms. The molecule has 1 aliphatic heterocycles. The zero-order valence-corrected chi connectivity index (χ0v) is 17.7. The van der Waals surface area contributed by atoms with E-state index in [-0.39, 0.29) is 11.4 Å². The normalized spacial score (nSPS) is 15.6. The van der Waals surface area contributed by atoms with E-state index in [1.54, 1.807) is 24.3 Å². The minimum absolute atomic E-state index is 0.103. The molecule has 146 valence electrons. The number of halogens is 2. The lowest BCUT2D eigenvalue weighted by Gasteiger charge is -2.12. The van der Waals surface area contributed by atoms with E-state index in [2.05, 4.69) is 15.9 Å². The van der Waals surface area contributed by atoms with E-state index in [9.17, 15) is 14.0 Å². The molecule has 2 heterocycles. The van der Waals surface area contributed by atoms with Crippen LogP contribution < -0.4 is 0 Å². The van der Waals surface area contributed by atoms with E-state index in [1.807, 2.05) is 31.2 Å². The monoisotopic (exact) mass is 471 g/mol. The van der Waals surface area contributed by atoms with Crippen molar-refractivity contribution in [2.75, 3.05) is 0 Å².